The van der Waals surface area contributed by atoms with Crippen LogP contribution < -0.4 is 14.2 Å². The first kappa shape index (κ1) is 20.8. The highest BCUT2D eigenvalue weighted by Gasteiger charge is 2.16. The molecule has 6 nitrogen and oxygen atoms in total. The maximum atomic E-state index is 5.55. The van der Waals surface area contributed by atoms with Crippen LogP contribution in [0.2, 0.25) is 0 Å². The molecule has 0 bridgehead atoms. The molecule has 0 saturated carbocycles. The molecule has 0 spiro atoms. The first-order valence-corrected chi connectivity index (χ1v) is 8.95. The molecule has 1 atom stereocenters. The van der Waals surface area contributed by atoms with Gasteiger partial charge < -0.3 is 23.9 Å². The van der Waals surface area contributed by atoms with E-state index in [-0.39, 0.29) is 0 Å². The molecule has 2 aromatic carbocycles. The highest BCUT2D eigenvalue weighted by Crippen LogP contribution is 2.43. The predicted molar refractivity (Wildman–Crippen MR) is 109 cm³/mol. The van der Waals surface area contributed by atoms with Crippen LogP contribution in [0.5, 0.6) is 17.2 Å². The Bertz CT molecular complexity index is 802. The molecule has 0 aromatic heterocycles. The van der Waals surface area contributed by atoms with Crippen molar-refractivity contribution in [1.82, 2.24) is 4.90 Å². The van der Waals surface area contributed by atoms with E-state index in [1.54, 1.807) is 21.3 Å². The van der Waals surface area contributed by atoms with E-state index in [9.17, 15) is 0 Å². The largest absolute Gasteiger partial charge is 0.493 e. The summed E-state index contributed by atoms with van der Waals surface area (Å²) in [6.07, 6.45) is 0. The summed E-state index contributed by atoms with van der Waals surface area (Å²) in [4.78, 5) is 7.68. The summed E-state index contributed by atoms with van der Waals surface area (Å²) in [5, 5.41) is 6.21. The van der Waals surface area contributed by atoms with E-state index >= 15 is 0 Å². The molecule has 0 radical (unpaired) electrons. The molecule has 0 N–H and O–H groups in total. The molecule has 148 valence electrons. The number of fused-ring (bicyclic) bond motifs is 1. The van der Waals surface area contributed by atoms with Crippen LogP contribution in [0.1, 0.15) is 19.4 Å². The van der Waals surface area contributed by atoms with Gasteiger partial charge in [0.05, 0.1) is 27.0 Å². The van der Waals surface area contributed by atoms with Gasteiger partial charge >= 0.3 is 0 Å². The molecule has 2 rings (SSSR count). The molecule has 27 heavy (non-hydrogen) atoms. The average molecular weight is 374 g/mol. The van der Waals surface area contributed by atoms with Crippen molar-refractivity contribution in [3.8, 4) is 17.2 Å². The third-order valence-electron chi connectivity index (χ3n) is 4.30. The van der Waals surface area contributed by atoms with Gasteiger partial charge in [0.25, 0.3) is 0 Å². The van der Waals surface area contributed by atoms with Crippen LogP contribution in [0, 0.1) is 5.92 Å². The van der Waals surface area contributed by atoms with E-state index in [1.165, 1.54) is 0 Å². The summed E-state index contributed by atoms with van der Waals surface area (Å²) in [5.74, 6) is 2.28. The zero-order valence-corrected chi connectivity index (χ0v) is 17.3. The molecule has 0 saturated heterocycles. The molecule has 1 unspecified atom stereocenters. The minimum Gasteiger partial charge on any atom is -0.493 e. The van der Waals surface area contributed by atoms with Crippen molar-refractivity contribution in [3.63, 3.8) is 0 Å². The third-order valence-corrected chi connectivity index (χ3v) is 4.30. The Morgan fingerprint density at radius 1 is 1.04 bits per heavy atom. The first-order chi connectivity index (χ1) is 12.9. The third kappa shape index (κ3) is 5.04. The molecule has 0 amide bonds. The standard InChI is InChI=1S/C21H30N2O4/c1-14(12-23(3)4)13-27-22-15(2)16-8-9-18-17(10-16)11-19(24-5)21(26-7)20(18)25-6/h8-11,14H,12-13H2,1-7H3/b22-15+. The smallest absolute Gasteiger partial charge is 0.203 e. The van der Waals surface area contributed by atoms with E-state index < -0.39 is 0 Å². The fourth-order valence-electron chi connectivity index (χ4n) is 3.09. The van der Waals surface area contributed by atoms with E-state index in [0.717, 1.165) is 28.6 Å². The van der Waals surface area contributed by atoms with Gasteiger partial charge in [-0.2, -0.15) is 0 Å². The highest BCUT2D eigenvalue weighted by atomic mass is 16.6. The number of rotatable bonds is 9. The van der Waals surface area contributed by atoms with E-state index in [1.807, 2.05) is 31.2 Å². The van der Waals surface area contributed by atoms with Crippen molar-refractivity contribution in [1.29, 1.82) is 0 Å². The SMILES string of the molecule is COc1cc2cc(/C(C)=N/OCC(C)CN(C)C)ccc2c(OC)c1OC. The second kappa shape index (κ2) is 9.46. The summed E-state index contributed by atoms with van der Waals surface area (Å²) >= 11 is 0. The number of hydrogen-bond acceptors (Lipinski definition) is 6. The Balaban J connectivity index is 2.28. The summed E-state index contributed by atoms with van der Waals surface area (Å²) in [7, 11) is 8.95. The predicted octanol–water partition coefficient (Wildman–Crippen LogP) is 3.80. The van der Waals surface area contributed by atoms with E-state index in [0.29, 0.717) is 29.8 Å². The summed E-state index contributed by atoms with van der Waals surface area (Å²) in [6.45, 7) is 5.64. The number of hydrogen-bond donors (Lipinski definition) is 0. The lowest BCUT2D eigenvalue weighted by molar-refractivity contribution is 0.102. The van der Waals surface area contributed by atoms with Gasteiger partial charge in [-0.05, 0) is 50.2 Å². The quantitative estimate of drug-likeness (QED) is 0.494. The lowest BCUT2D eigenvalue weighted by atomic mass is 10.0. The van der Waals surface area contributed by atoms with Gasteiger partial charge in [0.1, 0.15) is 6.61 Å². The lowest BCUT2D eigenvalue weighted by Gasteiger charge is -2.16. The fraction of sp³-hybridized carbons (Fsp3) is 0.476. The molecular weight excluding hydrogens is 344 g/mol. The van der Waals surface area contributed by atoms with Gasteiger partial charge in [0.2, 0.25) is 5.75 Å². The Morgan fingerprint density at radius 2 is 1.74 bits per heavy atom. The molecule has 0 aliphatic carbocycles. The van der Waals surface area contributed by atoms with Gasteiger partial charge in [-0.1, -0.05) is 18.1 Å². The molecular formula is C21H30N2O4. The maximum Gasteiger partial charge on any atom is 0.203 e. The number of ether oxygens (including phenoxy) is 3. The Labute approximate surface area is 161 Å². The summed E-state index contributed by atoms with van der Waals surface area (Å²) in [6, 6.07) is 7.99. The van der Waals surface area contributed by atoms with Crippen LogP contribution in [0.4, 0.5) is 0 Å². The van der Waals surface area contributed by atoms with Crippen LogP contribution in [0.3, 0.4) is 0 Å². The van der Waals surface area contributed by atoms with Crippen molar-refractivity contribution >= 4 is 16.5 Å². The summed E-state index contributed by atoms with van der Waals surface area (Å²) in [5.41, 5.74) is 1.81. The zero-order valence-electron chi connectivity index (χ0n) is 17.3. The van der Waals surface area contributed by atoms with Crippen LogP contribution in [0.25, 0.3) is 10.8 Å². The molecule has 2 aromatic rings. The molecule has 0 aliphatic heterocycles. The average Bonchev–Trinajstić information content (AvgIpc) is 2.64. The Morgan fingerprint density at radius 3 is 2.33 bits per heavy atom. The van der Waals surface area contributed by atoms with Crippen molar-refractivity contribution < 1.29 is 19.0 Å². The summed E-state index contributed by atoms with van der Waals surface area (Å²) < 4.78 is 16.4. The number of nitrogens with zero attached hydrogens (tertiary/aromatic N) is 2. The Kier molecular flexibility index (Phi) is 7.30. The zero-order chi connectivity index (χ0) is 20.0. The van der Waals surface area contributed by atoms with Crippen LogP contribution in [0.15, 0.2) is 29.4 Å². The van der Waals surface area contributed by atoms with Crippen molar-refractivity contribution in [3.05, 3.63) is 29.8 Å². The van der Waals surface area contributed by atoms with Crippen LogP contribution in [-0.4, -0.2) is 59.2 Å². The van der Waals surface area contributed by atoms with Gasteiger partial charge in [0.15, 0.2) is 11.5 Å². The minimum absolute atomic E-state index is 0.411. The lowest BCUT2D eigenvalue weighted by Crippen LogP contribution is -2.22. The van der Waals surface area contributed by atoms with E-state index in [2.05, 4.69) is 31.1 Å². The van der Waals surface area contributed by atoms with Crippen molar-refractivity contribution in [2.75, 3.05) is 48.6 Å². The maximum absolute atomic E-state index is 5.55. The number of benzene rings is 2. The monoisotopic (exact) mass is 374 g/mol. The van der Waals surface area contributed by atoms with Gasteiger partial charge in [-0.15, -0.1) is 0 Å². The topological polar surface area (TPSA) is 52.5 Å². The van der Waals surface area contributed by atoms with Crippen molar-refractivity contribution in [2.45, 2.75) is 13.8 Å². The van der Waals surface area contributed by atoms with Gasteiger partial charge in [-0.3, -0.25) is 0 Å². The van der Waals surface area contributed by atoms with Crippen LogP contribution in [-0.2, 0) is 4.84 Å². The van der Waals surface area contributed by atoms with Crippen molar-refractivity contribution in [2.24, 2.45) is 11.1 Å². The van der Waals surface area contributed by atoms with Gasteiger partial charge in [0, 0.05) is 17.8 Å². The molecule has 0 fully saturated rings. The number of oxime groups is 1. The second-order valence-electron chi connectivity index (χ2n) is 6.92. The molecule has 0 heterocycles. The molecule has 0 aliphatic rings. The van der Waals surface area contributed by atoms with Gasteiger partial charge in [-0.25, -0.2) is 0 Å². The number of methoxy groups -OCH3 is 3. The normalized spacial score (nSPS) is 13.0. The van der Waals surface area contributed by atoms with Crippen LogP contribution >= 0.6 is 0 Å². The first-order valence-electron chi connectivity index (χ1n) is 8.95. The Hall–Kier alpha value is -2.47. The van der Waals surface area contributed by atoms with E-state index in [4.69, 9.17) is 19.0 Å². The fourth-order valence-corrected chi connectivity index (χ4v) is 3.09. The second-order valence-corrected chi connectivity index (χ2v) is 6.92. The molecule has 6 heteroatoms. The minimum atomic E-state index is 0.411. The highest BCUT2D eigenvalue weighted by molar-refractivity contribution is 6.03.